The van der Waals surface area contributed by atoms with E-state index in [1.54, 1.807) is 36.4 Å². The highest BCUT2D eigenvalue weighted by molar-refractivity contribution is 6.36. The Morgan fingerprint density at radius 1 is 0.840 bits per heavy atom. The first-order valence-corrected chi connectivity index (χ1v) is 18.0. The third-order valence-electron chi connectivity index (χ3n) is 10.7. The van der Waals surface area contributed by atoms with Crippen molar-refractivity contribution in [1.82, 2.24) is 28.9 Å². The molecule has 50 heavy (non-hydrogen) atoms. The lowest BCUT2D eigenvalue weighted by Gasteiger charge is -2.29. The van der Waals surface area contributed by atoms with Gasteiger partial charge in [-0.25, -0.2) is 9.97 Å². The van der Waals surface area contributed by atoms with Gasteiger partial charge in [0.15, 0.2) is 11.6 Å². The quantitative estimate of drug-likeness (QED) is 0.226. The average molecular weight is 694 g/mol. The van der Waals surface area contributed by atoms with Crippen molar-refractivity contribution in [3.8, 4) is 17.2 Å². The molecule has 2 aromatic carbocycles. The van der Waals surface area contributed by atoms with Gasteiger partial charge in [-0.15, -0.1) is 0 Å². The smallest absolute Gasteiger partial charge is 0.291 e. The fourth-order valence-electron chi connectivity index (χ4n) is 7.87. The highest BCUT2D eigenvalue weighted by Gasteiger charge is 2.28. The molecule has 4 aromatic rings. The molecule has 260 valence electrons. The molecule has 4 heterocycles. The number of nitrogens with one attached hydrogen (secondary N) is 2. The molecule has 0 atom stereocenters. The number of anilines is 2. The van der Waals surface area contributed by atoms with E-state index in [4.69, 9.17) is 16.6 Å². The molecule has 11 nitrogen and oxygen atoms in total. The van der Waals surface area contributed by atoms with E-state index in [1.165, 1.54) is 38.5 Å². The maximum Gasteiger partial charge on any atom is 0.291 e. The number of nitrogens with zero attached hydrogens (tertiary/aromatic N) is 7. The van der Waals surface area contributed by atoms with Gasteiger partial charge in [-0.05, 0) is 38.1 Å². The first-order chi connectivity index (χ1) is 24.2. The lowest BCUT2D eigenvalue weighted by atomic mass is 9.87. The van der Waals surface area contributed by atoms with E-state index in [1.807, 2.05) is 30.3 Å². The van der Waals surface area contributed by atoms with Crippen molar-refractivity contribution >= 4 is 34.8 Å². The number of halogens is 1. The summed E-state index contributed by atoms with van der Waals surface area (Å²) in [6.45, 7) is 4.37. The normalized spacial score (nSPS) is 16.8. The minimum absolute atomic E-state index is 0.264. The second kappa shape index (κ2) is 14.4. The van der Waals surface area contributed by atoms with Crippen LogP contribution in [0.5, 0.6) is 0 Å². The molecule has 3 aliphatic rings. The van der Waals surface area contributed by atoms with Crippen molar-refractivity contribution in [2.45, 2.75) is 64.5 Å². The Labute approximate surface area is 298 Å². The van der Waals surface area contributed by atoms with Gasteiger partial charge >= 0.3 is 0 Å². The number of hydrogen-bond donors (Lipinski definition) is 2. The summed E-state index contributed by atoms with van der Waals surface area (Å²) in [5, 5.41) is 16.5. The van der Waals surface area contributed by atoms with E-state index in [9.17, 15) is 14.9 Å². The van der Waals surface area contributed by atoms with Gasteiger partial charge in [0.25, 0.3) is 11.8 Å². The van der Waals surface area contributed by atoms with Crippen LogP contribution >= 0.6 is 11.6 Å². The Balaban J connectivity index is 1.08. The van der Waals surface area contributed by atoms with Crippen LogP contribution in [0.1, 0.15) is 88.1 Å². The Morgan fingerprint density at radius 2 is 1.44 bits per heavy atom. The summed E-state index contributed by atoms with van der Waals surface area (Å²) in [5.74, 6) is 0.729. The molecule has 0 saturated heterocycles. The predicted molar refractivity (Wildman–Crippen MR) is 194 cm³/mol. The monoisotopic (exact) mass is 693 g/mol. The number of benzene rings is 2. The molecule has 0 bridgehead atoms. The van der Waals surface area contributed by atoms with E-state index in [0.717, 1.165) is 67.7 Å². The first kappa shape index (κ1) is 34.0. The number of hydrogen-bond acceptors (Lipinski definition) is 7. The summed E-state index contributed by atoms with van der Waals surface area (Å²) in [4.78, 5) is 41.1. The Bertz CT molecular complexity index is 1980. The second-order valence-electron chi connectivity index (χ2n) is 14.0. The molecule has 7 rings (SSSR count). The van der Waals surface area contributed by atoms with Crippen LogP contribution in [0.4, 0.5) is 11.4 Å². The molecule has 2 aliphatic heterocycles. The number of imidazole rings is 2. The average Bonchev–Trinajstić information content (AvgIpc) is 3.63. The van der Waals surface area contributed by atoms with Gasteiger partial charge in [-0.3, -0.25) is 14.5 Å². The molecule has 1 aliphatic carbocycles. The zero-order valence-corrected chi connectivity index (χ0v) is 29.8. The lowest BCUT2D eigenvalue weighted by Crippen LogP contribution is -2.33. The number of amides is 2. The van der Waals surface area contributed by atoms with Crippen molar-refractivity contribution in [2.24, 2.45) is 20.0 Å². The van der Waals surface area contributed by atoms with Crippen LogP contribution in [0.25, 0.3) is 11.1 Å². The van der Waals surface area contributed by atoms with Crippen LogP contribution in [0.15, 0.2) is 36.4 Å². The van der Waals surface area contributed by atoms with Crippen LogP contribution < -0.4 is 10.6 Å². The van der Waals surface area contributed by atoms with E-state index < -0.39 is 0 Å². The van der Waals surface area contributed by atoms with Crippen LogP contribution in [-0.4, -0.2) is 67.4 Å². The van der Waals surface area contributed by atoms with Gasteiger partial charge in [0, 0.05) is 75.6 Å². The SMILES string of the molecule is CN1CCc2c(nc(C(=O)Nc3cccc(-c4cccc(NC(=O)c5nc6c(n5C)CCN(CCC5CCCCC5)C6)c4C#N)c3Cl)n2C)C1. The minimum Gasteiger partial charge on any atom is -0.327 e. The summed E-state index contributed by atoms with van der Waals surface area (Å²) < 4.78 is 3.74. The van der Waals surface area contributed by atoms with Gasteiger partial charge in [-0.1, -0.05) is 68.0 Å². The molecule has 2 aromatic heterocycles. The molecule has 2 amide bonds. The van der Waals surface area contributed by atoms with Crippen LogP contribution in [-0.2, 0) is 40.0 Å². The van der Waals surface area contributed by atoms with Gasteiger partial charge in [0.05, 0.1) is 33.3 Å². The van der Waals surface area contributed by atoms with Crippen molar-refractivity contribution < 1.29 is 9.59 Å². The molecule has 0 unspecified atom stereocenters. The second-order valence-corrected chi connectivity index (χ2v) is 14.4. The number of nitriles is 1. The Hall–Kier alpha value is -4.50. The number of aromatic nitrogens is 4. The van der Waals surface area contributed by atoms with Crippen LogP contribution in [0, 0.1) is 17.2 Å². The zero-order valence-electron chi connectivity index (χ0n) is 29.1. The maximum atomic E-state index is 13.7. The fraction of sp³-hybridized carbons (Fsp3) is 0.447. The molecular weight excluding hydrogens is 650 g/mol. The predicted octanol–water partition coefficient (Wildman–Crippen LogP) is 6.17. The van der Waals surface area contributed by atoms with E-state index in [2.05, 4.69) is 31.5 Å². The number of carbonyl (C=O) groups is 2. The molecule has 1 saturated carbocycles. The van der Waals surface area contributed by atoms with Crippen LogP contribution in [0.3, 0.4) is 0 Å². The molecule has 1 fully saturated rings. The largest absolute Gasteiger partial charge is 0.327 e. The van der Waals surface area contributed by atoms with E-state index >= 15 is 0 Å². The summed E-state index contributed by atoms with van der Waals surface area (Å²) in [6.07, 6.45) is 9.67. The molecule has 2 N–H and O–H groups in total. The number of rotatable bonds is 8. The summed E-state index contributed by atoms with van der Waals surface area (Å²) >= 11 is 6.91. The Kier molecular flexibility index (Phi) is 9.78. The topological polar surface area (TPSA) is 124 Å². The third kappa shape index (κ3) is 6.67. The lowest BCUT2D eigenvalue weighted by molar-refractivity contribution is 0.100. The summed E-state index contributed by atoms with van der Waals surface area (Å²) in [7, 11) is 5.78. The van der Waals surface area contributed by atoms with E-state index in [0.29, 0.717) is 40.7 Å². The highest BCUT2D eigenvalue weighted by Crippen LogP contribution is 2.38. The summed E-state index contributed by atoms with van der Waals surface area (Å²) in [5.41, 5.74) is 6.11. The van der Waals surface area contributed by atoms with Gasteiger partial charge < -0.3 is 24.7 Å². The maximum absolute atomic E-state index is 13.7. The molecular formula is C38H44ClN9O2. The molecule has 0 spiro atoms. The van der Waals surface area contributed by atoms with Gasteiger partial charge in [-0.2, -0.15) is 5.26 Å². The molecule has 12 heteroatoms. The number of carbonyl (C=O) groups excluding carboxylic acids is 2. The van der Waals surface area contributed by atoms with Crippen molar-refractivity contribution in [3.63, 3.8) is 0 Å². The van der Waals surface area contributed by atoms with Crippen molar-refractivity contribution in [2.75, 3.05) is 37.3 Å². The Morgan fingerprint density at radius 3 is 2.12 bits per heavy atom. The highest BCUT2D eigenvalue weighted by atomic mass is 35.5. The van der Waals surface area contributed by atoms with Gasteiger partial charge in [0.1, 0.15) is 6.07 Å². The van der Waals surface area contributed by atoms with Crippen molar-refractivity contribution in [3.05, 3.63) is 81.4 Å². The van der Waals surface area contributed by atoms with E-state index in [-0.39, 0.29) is 22.4 Å². The zero-order chi connectivity index (χ0) is 34.9. The fourth-order valence-corrected chi connectivity index (χ4v) is 8.15. The number of fused-ring (bicyclic) bond motifs is 2. The standard InChI is InChI=1S/C38H44ClN9O2/c1-45-18-16-32-30(22-45)41-36(46(32)2)38(50)44-29-14-8-12-26(34(29)39)25-11-7-13-28(27(25)21-40)43-37(49)35-42-31-23-48(20-17-33(31)47(35)3)19-15-24-9-5-4-6-10-24/h7-8,11-14,24H,4-6,9-10,15-20,22-23H2,1-3H3,(H,43,49)(H,44,50). The first-order valence-electron chi connectivity index (χ1n) is 17.7. The minimum atomic E-state index is -0.375. The number of likely N-dealkylation sites (N-methyl/N-ethyl adjacent to an activating group) is 1. The molecule has 0 radical (unpaired) electrons. The third-order valence-corrected chi connectivity index (χ3v) is 11.1. The van der Waals surface area contributed by atoms with Crippen molar-refractivity contribution in [1.29, 1.82) is 5.26 Å². The van der Waals surface area contributed by atoms with Gasteiger partial charge in [0.2, 0.25) is 0 Å². The van der Waals surface area contributed by atoms with Crippen LogP contribution in [0.2, 0.25) is 5.02 Å². The summed E-state index contributed by atoms with van der Waals surface area (Å²) in [6, 6.07) is 12.8.